The zero-order chi connectivity index (χ0) is 16.2. The first kappa shape index (κ1) is 15.5. The maximum atomic E-state index is 12.2. The van der Waals surface area contributed by atoms with E-state index in [1.807, 2.05) is 23.1 Å². The summed E-state index contributed by atoms with van der Waals surface area (Å²) in [5.41, 5.74) is 0.906. The molecule has 1 aromatic rings. The molecule has 2 aliphatic heterocycles. The quantitative estimate of drug-likeness (QED) is 0.893. The smallest absolute Gasteiger partial charge is 0.231 e. The molecule has 7 heteroatoms. The number of piperazine rings is 1. The van der Waals surface area contributed by atoms with Crippen LogP contribution in [0.15, 0.2) is 18.2 Å². The average molecular weight is 319 g/mol. The van der Waals surface area contributed by atoms with E-state index >= 15 is 0 Å². The Hall–Kier alpha value is -2.44. The van der Waals surface area contributed by atoms with Crippen molar-refractivity contribution in [3.05, 3.63) is 18.2 Å². The van der Waals surface area contributed by atoms with Crippen LogP contribution >= 0.6 is 0 Å². The van der Waals surface area contributed by atoms with Crippen molar-refractivity contribution in [1.29, 1.82) is 0 Å². The number of ether oxygens (including phenoxy) is 2. The van der Waals surface area contributed by atoms with E-state index in [2.05, 4.69) is 5.32 Å². The number of benzene rings is 1. The van der Waals surface area contributed by atoms with Crippen molar-refractivity contribution >= 4 is 17.5 Å². The Morgan fingerprint density at radius 1 is 1.09 bits per heavy atom. The lowest BCUT2D eigenvalue weighted by Crippen LogP contribution is -2.50. The van der Waals surface area contributed by atoms with E-state index < -0.39 is 0 Å². The zero-order valence-electron chi connectivity index (χ0n) is 13.2. The SMILES string of the molecule is CC(=O)N1CCN(C(=O)CCNc2ccc3c(c2)OCO3)CC1. The monoisotopic (exact) mass is 319 g/mol. The fraction of sp³-hybridized carbons (Fsp3) is 0.500. The van der Waals surface area contributed by atoms with Crippen LogP contribution in [0.25, 0.3) is 0 Å². The molecule has 0 bridgehead atoms. The van der Waals surface area contributed by atoms with Crippen LogP contribution in [0, 0.1) is 0 Å². The van der Waals surface area contributed by atoms with Crippen molar-refractivity contribution in [2.45, 2.75) is 13.3 Å². The molecular weight excluding hydrogens is 298 g/mol. The molecule has 3 rings (SSSR count). The van der Waals surface area contributed by atoms with Crippen LogP contribution in [0.1, 0.15) is 13.3 Å². The topological polar surface area (TPSA) is 71.1 Å². The number of nitrogens with zero attached hydrogens (tertiary/aromatic N) is 2. The van der Waals surface area contributed by atoms with Gasteiger partial charge in [-0.2, -0.15) is 0 Å². The summed E-state index contributed by atoms with van der Waals surface area (Å²) in [5, 5.41) is 3.22. The maximum Gasteiger partial charge on any atom is 0.231 e. The standard InChI is InChI=1S/C16H21N3O4/c1-12(20)18-6-8-19(9-7-18)16(21)4-5-17-13-2-3-14-15(10-13)23-11-22-14/h2-3,10,17H,4-9,11H2,1H3. The van der Waals surface area contributed by atoms with Gasteiger partial charge in [-0.05, 0) is 12.1 Å². The first-order chi connectivity index (χ1) is 11.1. The minimum Gasteiger partial charge on any atom is -0.454 e. The molecule has 0 spiro atoms. The first-order valence-electron chi connectivity index (χ1n) is 7.80. The molecule has 1 fully saturated rings. The number of hydrogen-bond acceptors (Lipinski definition) is 5. The summed E-state index contributed by atoms with van der Waals surface area (Å²) in [7, 11) is 0. The van der Waals surface area contributed by atoms with Crippen LogP contribution in [0.4, 0.5) is 5.69 Å². The minimum atomic E-state index is 0.0709. The lowest BCUT2D eigenvalue weighted by atomic mass is 10.2. The van der Waals surface area contributed by atoms with E-state index in [1.165, 1.54) is 0 Å². The highest BCUT2D eigenvalue weighted by Gasteiger charge is 2.21. The third-order valence-electron chi connectivity index (χ3n) is 4.12. The molecule has 1 aromatic carbocycles. The summed E-state index contributed by atoms with van der Waals surface area (Å²) < 4.78 is 10.6. The number of rotatable bonds is 4. The van der Waals surface area contributed by atoms with Gasteiger partial charge < -0.3 is 24.6 Å². The molecule has 0 saturated carbocycles. The Labute approximate surface area is 135 Å². The fourth-order valence-electron chi connectivity index (χ4n) is 2.75. The van der Waals surface area contributed by atoms with Gasteiger partial charge in [0.1, 0.15) is 0 Å². The van der Waals surface area contributed by atoms with Crippen molar-refractivity contribution < 1.29 is 19.1 Å². The maximum absolute atomic E-state index is 12.2. The van der Waals surface area contributed by atoms with Gasteiger partial charge in [0, 0.05) is 57.8 Å². The summed E-state index contributed by atoms with van der Waals surface area (Å²) in [4.78, 5) is 27.1. The highest BCUT2D eigenvalue weighted by molar-refractivity contribution is 5.78. The second-order valence-corrected chi connectivity index (χ2v) is 5.63. The normalized spacial score (nSPS) is 16.4. The summed E-state index contributed by atoms with van der Waals surface area (Å²) >= 11 is 0. The molecular formula is C16H21N3O4. The molecule has 124 valence electrons. The highest BCUT2D eigenvalue weighted by Crippen LogP contribution is 2.34. The molecule has 1 saturated heterocycles. The molecule has 23 heavy (non-hydrogen) atoms. The Morgan fingerprint density at radius 3 is 2.52 bits per heavy atom. The van der Waals surface area contributed by atoms with Crippen molar-refractivity contribution in [1.82, 2.24) is 9.80 Å². The summed E-state index contributed by atoms with van der Waals surface area (Å²) in [6.07, 6.45) is 0.425. The molecule has 0 unspecified atom stereocenters. The van der Waals surface area contributed by atoms with Crippen molar-refractivity contribution in [3.63, 3.8) is 0 Å². The van der Waals surface area contributed by atoms with Crippen LogP contribution in [-0.2, 0) is 9.59 Å². The van der Waals surface area contributed by atoms with Crippen LogP contribution in [-0.4, -0.2) is 61.1 Å². The third kappa shape index (κ3) is 3.67. The largest absolute Gasteiger partial charge is 0.454 e. The number of amides is 2. The van der Waals surface area contributed by atoms with Crippen LogP contribution in [0.5, 0.6) is 11.5 Å². The van der Waals surface area contributed by atoms with E-state index in [1.54, 1.807) is 11.8 Å². The predicted molar refractivity (Wildman–Crippen MR) is 84.5 cm³/mol. The zero-order valence-corrected chi connectivity index (χ0v) is 13.2. The van der Waals surface area contributed by atoms with Gasteiger partial charge in [0.05, 0.1) is 0 Å². The summed E-state index contributed by atoms with van der Waals surface area (Å²) in [5.74, 6) is 1.65. The molecule has 0 aromatic heterocycles. The van der Waals surface area contributed by atoms with Gasteiger partial charge in [-0.15, -0.1) is 0 Å². The van der Waals surface area contributed by atoms with Gasteiger partial charge in [0.25, 0.3) is 0 Å². The average Bonchev–Trinajstić information content (AvgIpc) is 3.02. The Balaban J connectivity index is 1.42. The summed E-state index contributed by atoms with van der Waals surface area (Å²) in [6.45, 7) is 4.85. The Morgan fingerprint density at radius 2 is 1.78 bits per heavy atom. The van der Waals surface area contributed by atoms with Crippen molar-refractivity contribution in [2.75, 3.05) is 44.8 Å². The molecule has 0 atom stereocenters. The van der Waals surface area contributed by atoms with Gasteiger partial charge in [-0.25, -0.2) is 0 Å². The third-order valence-corrected chi connectivity index (χ3v) is 4.12. The molecule has 0 aliphatic carbocycles. The van der Waals surface area contributed by atoms with E-state index in [4.69, 9.17) is 9.47 Å². The van der Waals surface area contributed by atoms with E-state index in [0.717, 1.165) is 17.2 Å². The van der Waals surface area contributed by atoms with Crippen molar-refractivity contribution in [2.24, 2.45) is 0 Å². The Bertz CT molecular complexity index is 597. The van der Waals surface area contributed by atoms with Crippen LogP contribution in [0.2, 0.25) is 0 Å². The number of nitrogens with one attached hydrogen (secondary N) is 1. The van der Waals surface area contributed by atoms with Gasteiger partial charge in [0.15, 0.2) is 11.5 Å². The lowest BCUT2D eigenvalue weighted by Gasteiger charge is -2.34. The molecule has 1 N–H and O–H groups in total. The number of hydrogen-bond donors (Lipinski definition) is 1. The predicted octanol–water partition coefficient (Wildman–Crippen LogP) is 0.908. The summed E-state index contributed by atoms with van der Waals surface area (Å²) in [6, 6.07) is 5.63. The van der Waals surface area contributed by atoms with Gasteiger partial charge >= 0.3 is 0 Å². The minimum absolute atomic E-state index is 0.0709. The second kappa shape index (κ2) is 6.76. The number of carbonyl (C=O) groups is 2. The van der Waals surface area contributed by atoms with Crippen molar-refractivity contribution in [3.8, 4) is 11.5 Å². The molecule has 2 aliphatic rings. The second-order valence-electron chi connectivity index (χ2n) is 5.63. The van der Waals surface area contributed by atoms with Crippen LogP contribution < -0.4 is 14.8 Å². The van der Waals surface area contributed by atoms with E-state index in [9.17, 15) is 9.59 Å². The van der Waals surface area contributed by atoms with E-state index in [-0.39, 0.29) is 18.6 Å². The number of fused-ring (bicyclic) bond motifs is 1. The Kier molecular flexibility index (Phi) is 4.55. The molecule has 2 amide bonds. The van der Waals surface area contributed by atoms with Gasteiger partial charge in [-0.1, -0.05) is 0 Å². The van der Waals surface area contributed by atoms with Gasteiger partial charge in [-0.3, -0.25) is 9.59 Å². The molecule has 7 nitrogen and oxygen atoms in total. The fourth-order valence-corrected chi connectivity index (χ4v) is 2.75. The highest BCUT2D eigenvalue weighted by atomic mass is 16.7. The molecule has 2 heterocycles. The number of carbonyl (C=O) groups excluding carboxylic acids is 2. The van der Waals surface area contributed by atoms with Gasteiger partial charge in [0.2, 0.25) is 18.6 Å². The lowest BCUT2D eigenvalue weighted by molar-refractivity contribution is -0.138. The first-order valence-corrected chi connectivity index (χ1v) is 7.80. The van der Waals surface area contributed by atoms with Crippen LogP contribution in [0.3, 0.4) is 0 Å². The molecule has 0 radical (unpaired) electrons. The van der Waals surface area contributed by atoms with E-state index in [0.29, 0.717) is 39.1 Å². The number of anilines is 1.